The van der Waals surface area contributed by atoms with Gasteiger partial charge in [-0.25, -0.2) is 0 Å². The molecule has 80 valence electrons. The first-order valence-corrected chi connectivity index (χ1v) is 3.73. The van der Waals surface area contributed by atoms with Crippen molar-refractivity contribution < 1.29 is 13.2 Å². The molecular weight excluding hydrogens is 240 g/mol. The Hall–Kier alpha value is -0.520. The van der Waals surface area contributed by atoms with Gasteiger partial charge >= 0.3 is 6.18 Å². The van der Waals surface area contributed by atoms with E-state index in [2.05, 4.69) is 4.98 Å². The quantitative estimate of drug-likeness (QED) is 0.828. The van der Waals surface area contributed by atoms with Crippen molar-refractivity contribution in [2.45, 2.75) is 12.2 Å². The molecule has 0 fully saturated rings. The fraction of sp³-hybridized carbons (Fsp3) is 0.286. The molecule has 1 rings (SSSR count). The van der Waals surface area contributed by atoms with Crippen LogP contribution in [-0.4, -0.2) is 11.2 Å². The Balaban J connectivity index is 0.00000169. The van der Waals surface area contributed by atoms with Gasteiger partial charge in [0, 0.05) is 6.20 Å². The summed E-state index contributed by atoms with van der Waals surface area (Å²) in [6.45, 7) is 0. The van der Waals surface area contributed by atoms with Crippen LogP contribution in [0.1, 0.15) is 11.7 Å². The Bertz CT molecular complexity index is 303. The fourth-order valence-corrected chi connectivity index (χ4v) is 1.02. The minimum atomic E-state index is -4.52. The van der Waals surface area contributed by atoms with Crippen molar-refractivity contribution >= 4 is 24.0 Å². The molecule has 0 saturated carbocycles. The van der Waals surface area contributed by atoms with Gasteiger partial charge in [0.1, 0.15) is 6.04 Å². The van der Waals surface area contributed by atoms with E-state index < -0.39 is 12.2 Å². The van der Waals surface area contributed by atoms with Crippen LogP contribution in [0.15, 0.2) is 18.3 Å². The second kappa shape index (κ2) is 4.82. The van der Waals surface area contributed by atoms with Gasteiger partial charge < -0.3 is 5.73 Å². The lowest BCUT2D eigenvalue weighted by atomic mass is 10.2. The lowest BCUT2D eigenvalue weighted by molar-refractivity contribution is -0.149. The lowest BCUT2D eigenvalue weighted by Gasteiger charge is -2.15. The van der Waals surface area contributed by atoms with E-state index in [4.69, 9.17) is 17.3 Å². The molecule has 1 atom stereocenters. The predicted molar refractivity (Wildman–Crippen MR) is 49.5 cm³/mol. The normalized spacial score (nSPS) is 13.2. The molecule has 2 N–H and O–H groups in total. The number of nitrogens with zero attached hydrogens (tertiary/aromatic N) is 1. The second-order valence-corrected chi connectivity index (χ2v) is 2.80. The van der Waals surface area contributed by atoms with Crippen molar-refractivity contribution in [3.8, 4) is 0 Å². The number of nitrogens with two attached hydrogens (primary N) is 1. The summed E-state index contributed by atoms with van der Waals surface area (Å²) in [5.41, 5.74) is 4.55. The van der Waals surface area contributed by atoms with Crippen LogP contribution in [0.5, 0.6) is 0 Å². The third kappa shape index (κ3) is 3.01. The van der Waals surface area contributed by atoms with Crippen molar-refractivity contribution in [1.82, 2.24) is 4.98 Å². The van der Waals surface area contributed by atoms with Gasteiger partial charge in [0.15, 0.2) is 0 Å². The van der Waals surface area contributed by atoms with Gasteiger partial charge in [-0.2, -0.15) is 13.2 Å². The molecule has 14 heavy (non-hydrogen) atoms. The van der Waals surface area contributed by atoms with E-state index in [1.165, 1.54) is 18.3 Å². The van der Waals surface area contributed by atoms with E-state index in [1.54, 1.807) is 0 Å². The molecule has 0 radical (unpaired) electrons. The summed E-state index contributed by atoms with van der Waals surface area (Å²) in [4.78, 5) is 3.47. The third-order valence-corrected chi connectivity index (χ3v) is 1.75. The number of hydrogen-bond acceptors (Lipinski definition) is 2. The summed E-state index contributed by atoms with van der Waals surface area (Å²) in [5.74, 6) is 0. The van der Waals surface area contributed by atoms with Crippen LogP contribution in [0.25, 0.3) is 0 Å². The highest BCUT2D eigenvalue weighted by atomic mass is 35.5. The lowest BCUT2D eigenvalue weighted by Crippen LogP contribution is -2.29. The SMILES string of the molecule is Cl.N[C@H](c1ncccc1Cl)C(F)(F)F. The fourth-order valence-electron chi connectivity index (χ4n) is 0.782. The number of halogens is 5. The van der Waals surface area contributed by atoms with Crippen molar-refractivity contribution in [2.24, 2.45) is 5.73 Å². The highest BCUT2D eigenvalue weighted by Gasteiger charge is 2.39. The number of aromatic nitrogens is 1. The number of alkyl halides is 3. The largest absolute Gasteiger partial charge is 0.409 e. The second-order valence-electron chi connectivity index (χ2n) is 2.39. The molecule has 7 heteroatoms. The highest BCUT2D eigenvalue weighted by Crippen LogP contribution is 2.32. The summed E-state index contributed by atoms with van der Waals surface area (Å²) in [5, 5.41) is -0.0766. The number of pyridine rings is 1. The van der Waals surface area contributed by atoms with Gasteiger partial charge in [-0.1, -0.05) is 11.6 Å². The molecule has 0 aromatic carbocycles. The molecule has 0 aliphatic rings. The molecule has 1 heterocycles. The first-order chi connectivity index (χ1) is 5.93. The highest BCUT2D eigenvalue weighted by molar-refractivity contribution is 6.31. The minimum Gasteiger partial charge on any atom is -0.315 e. The zero-order chi connectivity index (χ0) is 10.1. The van der Waals surface area contributed by atoms with Crippen LogP contribution in [0.4, 0.5) is 13.2 Å². The van der Waals surface area contributed by atoms with Crippen molar-refractivity contribution in [3.63, 3.8) is 0 Å². The summed E-state index contributed by atoms with van der Waals surface area (Å²) in [6, 6.07) is 0.630. The van der Waals surface area contributed by atoms with E-state index in [1.807, 2.05) is 0 Å². The average molecular weight is 247 g/mol. The maximum Gasteiger partial charge on any atom is 0.409 e. The van der Waals surface area contributed by atoms with Crippen molar-refractivity contribution in [2.75, 3.05) is 0 Å². The minimum absolute atomic E-state index is 0. The van der Waals surface area contributed by atoms with Gasteiger partial charge in [0.25, 0.3) is 0 Å². The van der Waals surface area contributed by atoms with Crippen LogP contribution < -0.4 is 5.73 Å². The Morgan fingerprint density at radius 3 is 2.43 bits per heavy atom. The number of rotatable bonds is 1. The van der Waals surface area contributed by atoms with Crippen molar-refractivity contribution in [3.05, 3.63) is 29.0 Å². The topological polar surface area (TPSA) is 38.9 Å². The van der Waals surface area contributed by atoms with Crippen LogP contribution in [-0.2, 0) is 0 Å². The molecule has 1 aromatic heterocycles. The van der Waals surface area contributed by atoms with E-state index in [0.29, 0.717) is 0 Å². The third-order valence-electron chi connectivity index (χ3n) is 1.43. The van der Waals surface area contributed by atoms with Gasteiger partial charge in [-0.3, -0.25) is 4.98 Å². The van der Waals surface area contributed by atoms with Gasteiger partial charge in [0.2, 0.25) is 0 Å². The zero-order valence-electron chi connectivity index (χ0n) is 6.75. The van der Waals surface area contributed by atoms with Crippen LogP contribution >= 0.6 is 24.0 Å². The molecule has 0 saturated heterocycles. The molecule has 0 aliphatic heterocycles. The zero-order valence-corrected chi connectivity index (χ0v) is 8.33. The Morgan fingerprint density at radius 1 is 1.43 bits per heavy atom. The van der Waals surface area contributed by atoms with Gasteiger partial charge in [-0.05, 0) is 12.1 Å². The van der Waals surface area contributed by atoms with E-state index in [-0.39, 0.29) is 23.1 Å². The summed E-state index contributed by atoms with van der Waals surface area (Å²) in [6.07, 6.45) is -3.30. The predicted octanol–water partition coefficient (Wildman–Crippen LogP) is 2.72. The molecule has 2 nitrogen and oxygen atoms in total. The Kier molecular flexibility index (Phi) is 4.64. The molecule has 0 unspecified atom stereocenters. The van der Waals surface area contributed by atoms with Crippen LogP contribution in [0.3, 0.4) is 0 Å². The molecule has 0 bridgehead atoms. The van der Waals surface area contributed by atoms with Crippen molar-refractivity contribution in [1.29, 1.82) is 0 Å². The average Bonchev–Trinajstić information content (AvgIpc) is 2.02. The Morgan fingerprint density at radius 2 is 2.00 bits per heavy atom. The maximum absolute atomic E-state index is 12.1. The van der Waals surface area contributed by atoms with E-state index in [9.17, 15) is 13.2 Å². The summed E-state index contributed by atoms with van der Waals surface area (Å²) < 4.78 is 36.3. The first-order valence-electron chi connectivity index (χ1n) is 3.35. The first kappa shape index (κ1) is 13.5. The number of hydrogen-bond donors (Lipinski definition) is 1. The Labute approximate surface area is 89.7 Å². The van der Waals surface area contributed by atoms with Gasteiger partial charge in [0.05, 0.1) is 10.7 Å². The maximum atomic E-state index is 12.1. The van der Waals surface area contributed by atoms with Crippen LogP contribution in [0, 0.1) is 0 Å². The summed E-state index contributed by atoms with van der Waals surface area (Å²) in [7, 11) is 0. The molecule has 0 aliphatic carbocycles. The van der Waals surface area contributed by atoms with Gasteiger partial charge in [-0.15, -0.1) is 12.4 Å². The smallest absolute Gasteiger partial charge is 0.315 e. The molecular formula is C7H7Cl2F3N2. The molecule has 0 spiro atoms. The van der Waals surface area contributed by atoms with E-state index in [0.717, 1.165) is 0 Å². The molecule has 1 aromatic rings. The summed E-state index contributed by atoms with van der Waals surface area (Å²) >= 11 is 5.48. The van der Waals surface area contributed by atoms with E-state index >= 15 is 0 Å². The molecule has 0 amide bonds. The monoisotopic (exact) mass is 246 g/mol. The standard InChI is InChI=1S/C7H6ClF3N2.ClH/c8-4-2-1-3-13-5(4)6(12)7(9,10)11;/h1-3,6H,12H2;1H/t6-;/m1./s1. The van der Waals surface area contributed by atoms with Crippen LogP contribution in [0.2, 0.25) is 5.02 Å².